The first-order valence-corrected chi connectivity index (χ1v) is 4.79. The molecule has 0 aliphatic rings. The molecule has 0 saturated carbocycles. The molecule has 0 spiro atoms. The zero-order valence-corrected chi connectivity index (χ0v) is 8.40. The maximum atomic E-state index is 5.79. The lowest BCUT2D eigenvalue weighted by Crippen LogP contribution is -2.22. The van der Waals surface area contributed by atoms with E-state index in [2.05, 4.69) is 4.98 Å². The molecule has 1 aromatic carbocycles. The summed E-state index contributed by atoms with van der Waals surface area (Å²) in [5.41, 5.74) is 7.52. The molecule has 2 rings (SSSR count). The van der Waals surface area contributed by atoms with E-state index in [0.29, 0.717) is 0 Å². The largest absolute Gasteiger partial charge is 0.440 e. The number of hydrogen-bond donors (Lipinski definition) is 1. The predicted molar refractivity (Wildman–Crippen MR) is 56.1 cm³/mol. The lowest BCUT2D eigenvalue weighted by molar-refractivity contribution is 0.451. The number of hydrogen-bond acceptors (Lipinski definition) is 3. The van der Waals surface area contributed by atoms with Gasteiger partial charge in [0.2, 0.25) is 0 Å². The van der Waals surface area contributed by atoms with Crippen LogP contribution >= 0.6 is 0 Å². The zero-order chi connectivity index (χ0) is 10.1. The van der Waals surface area contributed by atoms with E-state index in [1.165, 1.54) is 0 Å². The Kier molecular flexibility index (Phi) is 2.25. The van der Waals surface area contributed by atoms with Crippen LogP contribution in [0.25, 0.3) is 11.1 Å². The minimum Gasteiger partial charge on any atom is -0.440 e. The molecule has 0 radical (unpaired) electrons. The molecule has 3 heteroatoms. The van der Waals surface area contributed by atoms with Crippen molar-refractivity contribution in [1.29, 1.82) is 0 Å². The highest BCUT2D eigenvalue weighted by molar-refractivity contribution is 5.72. The van der Waals surface area contributed by atoms with Gasteiger partial charge in [-0.1, -0.05) is 19.1 Å². The summed E-state index contributed by atoms with van der Waals surface area (Å²) >= 11 is 0. The Balaban J connectivity index is 2.45. The number of fused-ring (bicyclic) bond motifs is 1. The molecule has 2 aromatic rings. The highest BCUT2D eigenvalue weighted by atomic mass is 16.3. The van der Waals surface area contributed by atoms with Crippen LogP contribution < -0.4 is 5.73 Å². The third-order valence-electron chi connectivity index (χ3n) is 2.49. The average molecular weight is 190 g/mol. The summed E-state index contributed by atoms with van der Waals surface area (Å²) in [4.78, 5) is 4.39. The average Bonchev–Trinajstić information content (AvgIpc) is 2.59. The van der Waals surface area contributed by atoms with Crippen LogP contribution in [0.4, 0.5) is 0 Å². The molecule has 0 aliphatic heterocycles. The maximum Gasteiger partial charge on any atom is 0.199 e. The summed E-state index contributed by atoms with van der Waals surface area (Å²) in [5.74, 6) is 0.878. The second-order valence-electron chi connectivity index (χ2n) is 3.67. The normalized spacial score (nSPS) is 15.6. The molecule has 0 bridgehead atoms. The number of oxazole rings is 1. The van der Waals surface area contributed by atoms with Crippen molar-refractivity contribution < 1.29 is 4.42 Å². The topological polar surface area (TPSA) is 52.0 Å². The highest BCUT2D eigenvalue weighted by Crippen LogP contribution is 2.22. The van der Waals surface area contributed by atoms with E-state index in [9.17, 15) is 0 Å². The number of aromatic nitrogens is 1. The number of para-hydroxylation sites is 2. The van der Waals surface area contributed by atoms with E-state index in [1.807, 2.05) is 38.1 Å². The molecule has 0 amide bonds. The number of nitrogens with two attached hydrogens (primary N) is 1. The van der Waals surface area contributed by atoms with Gasteiger partial charge in [-0.05, 0) is 19.1 Å². The van der Waals surface area contributed by atoms with Gasteiger partial charge in [0.05, 0.1) is 0 Å². The Morgan fingerprint density at radius 1 is 1.29 bits per heavy atom. The van der Waals surface area contributed by atoms with Crippen molar-refractivity contribution in [3.8, 4) is 0 Å². The minimum atomic E-state index is 0.0584. The van der Waals surface area contributed by atoms with Crippen LogP contribution in [0.1, 0.15) is 25.7 Å². The molecule has 14 heavy (non-hydrogen) atoms. The molecular formula is C11H14N2O. The molecule has 1 heterocycles. The lowest BCUT2D eigenvalue weighted by Gasteiger charge is -2.10. The first-order chi connectivity index (χ1) is 6.68. The van der Waals surface area contributed by atoms with Crippen molar-refractivity contribution >= 4 is 11.1 Å². The molecule has 74 valence electrons. The Hall–Kier alpha value is -1.35. The van der Waals surface area contributed by atoms with Crippen LogP contribution in [-0.4, -0.2) is 11.0 Å². The van der Waals surface area contributed by atoms with E-state index in [-0.39, 0.29) is 12.0 Å². The van der Waals surface area contributed by atoms with Gasteiger partial charge in [-0.2, -0.15) is 0 Å². The Labute approximate surface area is 82.9 Å². The predicted octanol–water partition coefficient (Wildman–Crippen LogP) is 2.28. The molecule has 1 aromatic heterocycles. The molecule has 2 unspecified atom stereocenters. The molecule has 3 nitrogen and oxygen atoms in total. The second kappa shape index (κ2) is 3.42. The van der Waals surface area contributed by atoms with Gasteiger partial charge in [-0.25, -0.2) is 4.98 Å². The van der Waals surface area contributed by atoms with Gasteiger partial charge in [0.15, 0.2) is 11.5 Å². The maximum absolute atomic E-state index is 5.79. The van der Waals surface area contributed by atoms with Crippen LogP contribution in [0.15, 0.2) is 28.7 Å². The van der Waals surface area contributed by atoms with Gasteiger partial charge >= 0.3 is 0 Å². The van der Waals surface area contributed by atoms with Crippen LogP contribution in [0.2, 0.25) is 0 Å². The fourth-order valence-corrected chi connectivity index (χ4v) is 1.31. The third kappa shape index (κ3) is 1.51. The quantitative estimate of drug-likeness (QED) is 0.790. The van der Waals surface area contributed by atoms with Gasteiger partial charge in [0.25, 0.3) is 0 Å². The number of nitrogens with zero attached hydrogens (tertiary/aromatic N) is 1. The SMILES string of the molecule is CC(N)C(C)c1nc2ccccc2o1. The van der Waals surface area contributed by atoms with Crippen molar-refractivity contribution in [2.45, 2.75) is 25.8 Å². The van der Waals surface area contributed by atoms with Gasteiger partial charge in [-0.15, -0.1) is 0 Å². The molecule has 0 fully saturated rings. The van der Waals surface area contributed by atoms with Crippen LogP contribution in [0.5, 0.6) is 0 Å². The highest BCUT2D eigenvalue weighted by Gasteiger charge is 2.16. The first-order valence-electron chi connectivity index (χ1n) is 4.79. The molecule has 0 saturated heterocycles. The van der Waals surface area contributed by atoms with Crippen molar-refractivity contribution in [3.05, 3.63) is 30.2 Å². The Bertz CT molecular complexity index is 401. The summed E-state index contributed by atoms with van der Waals surface area (Å²) < 4.78 is 5.60. The van der Waals surface area contributed by atoms with Gasteiger partial charge in [-0.3, -0.25) is 0 Å². The summed E-state index contributed by atoms with van der Waals surface area (Å²) in [6.45, 7) is 3.98. The Morgan fingerprint density at radius 2 is 2.00 bits per heavy atom. The summed E-state index contributed by atoms with van der Waals surface area (Å²) in [6, 6.07) is 7.80. The monoisotopic (exact) mass is 190 g/mol. The fourth-order valence-electron chi connectivity index (χ4n) is 1.31. The van der Waals surface area contributed by atoms with E-state index < -0.39 is 0 Å². The standard InChI is InChI=1S/C11H14N2O/c1-7(8(2)12)11-13-9-5-3-4-6-10(9)14-11/h3-8H,12H2,1-2H3. The summed E-state index contributed by atoms with van der Waals surface area (Å²) in [5, 5.41) is 0. The minimum absolute atomic E-state index is 0.0584. The van der Waals surface area contributed by atoms with Crippen LogP contribution in [0.3, 0.4) is 0 Å². The van der Waals surface area contributed by atoms with Crippen LogP contribution in [0, 0.1) is 0 Å². The summed E-state index contributed by atoms with van der Waals surface area (Å²) in [6.07, 6.45) is 0. The first kappa shape index (κ1) is 9.21. The zero-order valence-electron chi connectivity index (χ0n) is 8.40. The number of rotatable bonds is 2. The third-order valence-corrected chi connectivity index (χ3v) is 2.49. The smallest absolute Gasteiger partial charge is 0.199 e. The summed E-state index contributed by atoms with van der Waals surface area (Å²) in [7, 11) is 0. The van der Waals surface area contributed by atoms with E-state index in [1.54, 1.807) is 0 Å². The van der Waals surface area contributed by atoms with Gasteiger partial charge in [0.1, 0.15) is 5.52 Å². The fraction of sp³-hybridized carbons (Fsp3) is 0.364. The van der Waals surface area contributed by atoms with Crippen molar-refractivity contribution in [2.75, 3.05) is 0 Å². The number of benzene rings is 1. The van der Waals surface area contributed by atoms with E-state index in [0.717, 1.165) is 17.0 Å². The lowest BCUT2D eigenvalue weighted by atomic mass is 10.1. The molecule has 2 N–H and O–H groups in total. The van der Waals surface area contributed by atoms with Gasteiger partial charge < -0.3 is 10.2 Å². The van der Waals surface area contributed by atoms with Crippen LogP contribution in [-0.2, 0) is 0 Å². The van der Waals surface area contributed by atoms with Crippen molar-refractivity contribution in [3.63, 3.8) is 0 Å². The van der Waals surface area contributed by atoms with E-state index in [4.69, 9.17) is 10.2 Å². The Morgan fingerprint density at radius 3 is 2.64 bits per heavy atom. The van der Waals surface area contributed by atoms with Gasteiger partial charge in [0, 0.05) is 12.0 Å². The second-order valence-corrected chi connectivity index (χ2v) is 3.67. The molecular weight excluding hydrogens is 176 g/mol. The molecule has 2 atom stereocenters. The van der Waals surface area contributed by atoms with Crippen molar-refractivity contribution in [1.82, 2.24) is 4.98 Å². The van der Waals surface area contributed by atoms with E-state index >= 15 is 0 Å². The molecule has 0 aliphatic carbocycles. The van der Waals surface area contributed by atoms with Crippen molar-refractivity contribution in [2.24, 2.45) is 5.73 Å².